The van der Waals surface area contributed by atoms with Gasteiger partial charge in [0, 0.05) is 22.4 Å². The molecule has 0 aliphatic heterocycles. The number of rotatable bonds is 4. The zero-order valence-corrected chi connectivity index (χ0v) is 13.6. The molecule has 25 heavy (non-hydrogen) atoms. The van der Waals surface area contributed by atoms with Gasteiger partial charge in [0.25, 0.3) is 5.91 Å². The number of carboxylic acids is 1. The van der Waals surface area contributed by atoms with E-state index in [9.17, 15) is 14.7 Å². The first kappa shape index (κ1) is 18.0. The first-order valence-corrected chi connectivity index (χ1v) is 7.56. The van der Waals surface area contributed by atoms with E-state index in [4.69, 9.17) is 10.8 Å². The first-order valence-electron chi connectivity index (χ1n) is 7.56. The Morgan fingerprint density at radius 1 is 1.00 bits per heavy atom. The highest BCUT2D eigenvalue weighted by Gasteiger charge is 2.25. The Labute approximate surface area is 145 Å². The summed E-state index contributed by atoms with van der Waals surface area (Å²) in [5, 5.41) is 20.7. The fourth-order valence-electron chi connectivity index (χ4n) is 2.03. The van der Waals surface area contributed by atoms with Gasteiger partial charge >= 0.3 is 5.97 Å². The molecule has 0 fully saturated rings. The summed E-state index contributed by atoms with van der Waals surface area (Å²) in [6.07, 6.45) is -1.20. The maximum absolute atomic E-state index is 12.1. The number of carbonyl (C=O) groups is 2. The predicted octanol–water partition coefficient (Wildman–Crippen LogP) is 1.23. The number of nitrogens with two attached hydrogens (primary N) is 1. The summed E-state index contributed by atoms with van der Waals surface area (Å²) in [7, 11) is 0. The number of aliphatic carboxylic acids is 1. The molecule has 6 nitrogen and oxygen atoms in total. The Balaban J connectivity index is 2.08. The van der Waals surface area contributed by atoms with E-state index in [1.165, 1.54) is 6.92 Å². The second-order valence-electron chi connectivity index (χ2n) is 5.48. The van der Waals surface area contributed by atoms with Crippen LogP contribution in [0.4, 0.5) is 5.69 Å². The molecule has 0 aromatic heterocycles. The lowest BCUT2D eigenvalue weighted by Crippen LogP contribution is -2.47. The lowest BCUT2D eigenvalue weighted by molar-refractivity contribution is -0.141. The highest BCUT2D eigenvalue weighted by molar-refractivity contribution is 5.96. The molecule has 2 rings (SSSR count). The number of hydrogen-bond acceptors (Lipinski definition) is 4. The van der Waals surface area contributed by atoms with Gasteiger partial charge < -0.3 is 21.3 Å². The van der Waals surface area contributed by atoms with Crippen LogP contribution in [0.3, 0.4) is 0 Å². The minimum Gasteiger partial charge on any atom is -0.480 e. The van der Waals surface area contributed by atoms with Crippen LogP contribution >= 0.6 is 0 Å². The van der Waals surface area contributed by atoms with Crippen molar-refractivity contribution in [3.63, 3.8) is 0 Å². The predicted molar refractivity (Wildman–Crippen MR) is 93.8 cm³/mol. The van der Waals surface area contributed by atoms with E-state index in [0.717, 1.165) is 5.56 Å². The molecule has 0 spiro atoms. The maximum Gasteiger partial charge on any atom is 0.328 e. The van der Waals surface area contributed by atoms with Gasteiger partial charge in [-0.25, -0.2) is 4.79 Å². The summed E-state index contributed by atoms with van der Waals surface area (Å²) in [5.41, 5.74) is 8.08. The molecule has 0 saturated carbocycles. The van der Waals surface area contributed by atoms with Gasteiger partial charge in [-0.1, -0.05) is 11.8 Å². The van der Waals surface area contributed by atoms with Gasteiger partial charge in [0.05, 0.1) is 6.10 Å². The molecular weight excluding hydrogens is 320 g/mol. The van der Waals surface area contributed by atoms with Crippen molar-refractivity contribution in [2.75, 3.05) is 5.73 Å². The van der Waals surface area contributed by atoms with Crippen LogP contribution in [0.5, 0.6) is 0 Å². The van der Waals surface area contributed by atoms with Gasteiger partial charge in [-0.15, -0.1) is 0 Å². The number of benzene rings is 2. The molecule has 0 heterocycles. The van der Waals surface area contributed by atoms with Crippen molar-refractivity contribution in [1.82, 2.24) is 5.32 Å². The minimum absolute atomic E-state index is 0.282. The molecule has 0 aliphatic carbocycles. The molecular formula is C19H18N2O4. The van der Waals surface area contributed by atoms with Crippen molar-refractivity contribution in [3.8, 4) is 11.8 Å². The SMILES string of the molecule is C[C@@H](O)[C@H](NC(=O)c1ccc(C#Cc2ccc(N)cc2)cc1)C(=O)O. The summed E-state index contributed by atoms with van der Waals surface area (Å²) in [5.74, 6) is 4.07. The third-order valence-corrected chi connectivity index (χ3v) is 3.44. The lowest BCUT2D eigenvalue weighted by Gasteiger charge is -2.16. The highest BCUT2D eigenvalue weighted by atomic mass is 16.4. The Morgan fingerprint density at radius 3 is 1.92 bits per heavy atom. The number of nitrogens with one attached hydrogen (secondary N) is 1. The third-order valence-electron chi connectivity index (χ3n) is 3.44. The van der Waals surface area contributed by atoms with Crippen LogP contribution in [0.1, 0.15) is 28.4 Å². The van der Waals surface area contributed by atoms with Crippen molar-refractivity contribution >= 4 is 17.6 Å². The molecule has 0 bridgehead atoms. The molecule has 1 amide bonds. The Morgan fingerprint density at radius 2 is 1.48 bits per heavy atom. The van der Waals surface area contributed by atoms with Crippen molar-refractivity contribution in [1.29, 1.82) is 0 Å². The van der Waals surface area contributed by atoms with Gasteiger partial charge in [0.15, 0.2) is 6.04 Å². The molecule has 128 valence electrons. The van der Waals surface area contributed by atoms with Crippen LogP contribution in [-0.2, 0) is 4.79 Å². The smallest absolute Gasteiger partial charge is 0.328 e. The van der Waals surface area contributed by atoms with Crippen molar-refractivity contribution in [2.24, 2.45) is 0 Å². The maximum atomic E-state index is 12.1. The van der Waals surface area contributed by atoms with Crippen LogP contribution in [0.25, 0.3) is 0 Å². The third kappa shape index (κ3) is 5.09. The van der Waals surface area contributed by atoms with Gasteiger partial charge in [0.2, 0.25) is 0 Å². The number of nitrogen functional groups attached to an aromatic ring is 1. The van der Waals surface area contributed by atoms with Gasteiger partial charge in [-0.05, 0) is 55.5 Å². The van der Waals surface area contributed by atoms with Crippen molar-refractivity contribution in [2.45, 2.75) is 19.1 Å². The normalized spacial score (nSPS) is 12.4. The van der Waals surface area contributed by atoms with Crippen LogP contribution in [-0.4, -0.2) is 34.2 Å². The molecule has 2 atom stereocenters. The fraction of sp³-hybridized carbons (Fsp3) is 0.158. The number of anilines is 1. The topological polar surface area (TPSA) is 113 Å². The first-order chi connectivity index (χ1) is 11.9. The van der Waals surface area contributed by atoms with E-state index >= 15 is 0 Å². The van der Waals surface area contributed by atoms with Gasteiger partial charge in [0.1, 0.15) is 0 Å². The van der Waals surface area contributed by atoms with E-state index in [2.05, 4.69) is 17.2 Å². The second-order valence-corrected chi connectivity index (χ2v) is 5.48. The molecule has 0 radical (unpaired) electrons. The molecule has 0 saturated heterocycles. The van der Waals surface area contributed by atoms with Crippen molar-refractivity contribution in [3.05, 3.63) is 65.2 Å². The number of carbonyl (C=O) groups excluding carboxylic acids is 1. The quantitative estimate of drug-likeness (QED) is 0.495. The lowest BCUT2D eigenvalue weighted by atomic mass is 10.1. The van der Waals surface area contributed by atoms with E-state index < -0.39 is 24.0 Å². The average Bonchev–Trinajstić information content (AvgIpc) is 2.59. The molecule has 0 aliphatic rings. The Bertz CT molecular complexity index is 815. The van der Waals surface area contributed by atoms with Crippen LogP contribution in [0.2, 0.25) is 0 Å². The van der Waals surface area contributed by atoms with E-state index in [1.807, 2.05) is 12.1 Å². The molecule has 0 unspecified atom stereocenters. The molecule has 2 aromatic rings. The summed E-state index contributed by atoms with van der Waals surface area (Å²) >= 11 is 0. The monoisotopic (exact) mass is 338 g/mol. The Kier molecular flexibility index (Phi) is 5.77. The number of hydrogen-bond donors (Lipinski definition) is 4. The van der Waals surface area contributed by atoms with E-state index in [-0.39, 0.29) is 5.56 Å². The zero-order chi connectivity index (χ0) is 18.4. The zero-order valence-electron chi connectivity index (χ0n) is 13.6. The van der Waals surface area contributed by atoms with Crippen LogP contribution in [0, 0.1) is 11.8 Å². The highest BCUT2D eigenvalue weighted by Crippen LogP contribution is 2.07. The van der Waals surface area contributed by atoms with E-state index in [1.54, 1.807) is 36.4 Å². The Hall–Kier alpha value is -3.30. The molecule has 5 N–H and O–H groups in total. The summed E-state index contributed by atoms with van der Waals surface area (Å²) in [4.78, 5) is 23.1. The number of aliphatic hydroxyl groups is 1. The molecule has 6 heteroatoms. The van der Waals surface area contributed by atoms with Crippen LogP contribution < -0.4 is 11.1 Å². The van der Waals surface area contributed by atoms with Crippen molar-refractivity contribution < 1.29 is 19.8 Å². The number of carboxylic acid groups (broad SMARTS) is 1. The standard InChI is InChI=1S/C19H18N2O4/c1-12(22)17(19(24)25)21-18(23)15-8-4-13(5-9-15)2-3-14-6-10-16(20)11-7-14/h4-12,17,22H,20H2,1H3,(H,21,23)(H,24,25)/t12-,17+/m1/s1. The second kappa shape index (κ2) is 7.99. The number of aliphatic hydroxyl groups excluding tert-OH is 1. The minimum atomic E-state index is -1.36. The van der Waals surface area contributed by atoms with Crippen LogP contribution in [0.15, 0.2) is 48.5 Å². The summed E-state index contributed by atoms with van der Waals surface area (Å²) < 4.78 is 0. The summed E-state index contributed by atoms with van der Waals surface area (Å²) in [6, 6.07) is 12.2. The molecule has 2 aromatic carbocycles. The van der Waals surface area contributed by atoms with E-state index in [0.29, 0.717) is 11.3 Å². The summed E-state index contributed by atoms with van der Waals surface area (Å²) in [6.45, 7) is 1.30. The number of amides is 1. The average molecular weight is 338 g/mol. The fourth-order valence-corrected chi connectivity index (χ4v) is 2.03. The van der Waals surface area contributed by atoms with Gasteiger partial charge in [-0.2, -0.15) is 0 Å². The van der Waals surface area contributed by atoms with Gasteiger partial charge in [-0.3, -0.25) is 4.79 Å². The largest absolute Gasteiger partial charge is 0.480 e.